The number of amides is 1. The van der Waals surface area contributed by atoms with Crippen LogP contribution in [0.1, 0.15) is 11.1 Å². The zero-order valence-electron chi connectivity index (χ0n) is 15.5. The van der Waals surface area contributed by atoms with Crippen molar-refractivity contribution in [3.63, 3.8) is 0 Å². The summed E-state index contributed by atoms with van der Waals surface area (Å²) in [5.74, 6) is 0.196. The number of nitrogens with zero attached hydrogens (tertiary/aromatic N) is 1. The quantitative estimate of drug-likeness (QED) is 0.211. The number of hydrogen-bond acceptors (Lipinski definition) is 3. The molecule has 0 fully saturated rings. The minimum atomic E-state index is -0.457. The third kappa shape index (κ3) is 5.99. The molecule has 0 aliphatic heterocycles. The number of nitrogens with one attached hydrogen (secondary N) is 1. The lowest BCUT2D eigenvalue weighted by atomic mass is 10.1. The van der Waals surface area contributed by atoms with Gasteiger partial charge in [-0.25, -0.2) is 0 Å². The van der Waals surface area contributed by atoms with Crippen LogP contribution in [0.25, 0.3) is 6.08 Å². The highest BCUT2D eigenvalue weighted by atomic mass is 127. The first-order valence-corrected chi connectivity index (χ1v) is 10.6. The van der Waals surface area contributed by atoms with E-state index < -0.39 is 5.91 Å². The summed E-state index contributed by atoms with van der Waals surface area (Å²) in [5.41, 5.74) is 2.29. The van der Waals surface area contributed by atoms with Gasteiger partial charge in [0, 0.05) is 3.57 Å². The molecule has 0 unspecified atom stereocenters. The van der Waals surface area contributed by atoms with Crippen LogP contribution in [0.3, 0.4) is 0 Å². The summed E-state index contributed by atoms with van der Waals surface area (Å²) in [6.45, 7) is 0.341. The van der Waals surface area contributed by atoms with E-state index in [0.29, 0.717) is 33.7 Å². The second-order valence-electron chi connectivity index (χ2n) is 6.21. The lowest BCUT2D eigenvalue weighted by Crippen LogP contribution is -2.14. The molecule has 0 spiro atoms. The Morgan fingerprint density at radius 2 is 1.80 bits per heavy atom. The average Bonchev–Trinajstić information content (AvgIpc) is 2.75. The van der Waals surface area contributed by atoms with Crippen LogP contribution in [0.15, 0.2) is 72.3 Å². The topological polar surface area (TPSA) is 62.1 Å². The Labute approximate surface area is 198 Å². The van der Waals surface area contributed by atoms with Crippen molar-refractivity contribution in [2.24, 2.45) is 0 Å². The fourth-order valence-corrected chi connectivity index (χ4v) is 3.37. The van der Waals surface area contributed by atoms with Gasteiger partial charge in [0.05, 0.1) is 15.7 Å². The first-order chi connectivity index (χ1) is 14.5. The van der Waals surface area contributed by atoms with Gasteiger partial charge < -0.3 is 10.1 Å². The van der Waals surface area contributed by atoms with E-state index in [1.807, 2.05) is 30.3 Å². The van der Waals surface area contributed by atoms with E-state index in [1.165, 1.54) is 6.08 Å². The summed E-state index contributed by atoms with van der Waals surface area (Å²) in [5, 5.41) is 13.1. The zero-order chi connectivity index (χ0) is 21.5. The second kappa shape index (κ2) is 10.5. The van der Waals surface area contributed by atoms with Crippen molar-refractivity contribution < 1.29 is 9.53 Å². The highest BCUT2D eigenvalue weighted by Crippen LogP contribution is 2.24. The fraction of sp³-hybridized carbons (Fsp3) is 0.0435. The highest BCUT2D eigenvalue weighted by molar-refractivity contribution is 14.1. The number of halogens is 3. The van der Waals surface area contributed by atoms with Crippen LogP contribution in [0.4, 0.5) is 5.69 Å². The normalized spacial score (nSPS) is 10.9. The maximum absolute atomic E-state index is 12.4. The van der Waals surface area contributed by atoms with Crippen LogP contribution in [-0.2, 0) is 11.4 Å². The van der Waals surface area contributed by atoms with Gasteiger partial charge in [0.25, 0.3) is 5.91 Å². The number of benzene rings is 3. The van der Waals surface area contributed by atoms with E-state index in [4.69, 9.17) is 27.9 Å². The monoisotopic (exact) mass is 548 g/mol. The van der Waals surface area contributed by atoms with Crippen molar-refractivity contribution in [3.8, 4) is 11.8 Å². The molecule has 0 aliphatic rings. The van der Waals surface area contributed by atoms with Gasteiger partial charge in [-0.1, -0.05) is 53.5 Å². The SMILES string of the molecule is N#C/C(=C/c1ccc(OCc2ccc(Cl)c(Cl)c2)cc1)C(=O)Nc1ccccc1I. The van der Waals surface area contributed by atoms with Crippen molar-refractivity contribution in [3.05, 3.63) is 97.0 Å². The van der Waals surface area contributed by atoms with Crippen LogP contribution in [0, 0.1) is 14.9 Å². The first kappa shape index (κ1) is 22.2. The number of ether oxygens (including phenoxy) is 1. The summed E-state index contributed by atoms with van der Waals surface area (Å²) in [6.07, 6.45) is 1.54. The Bertz CT molecular complexity index is 1140. The van der Waals surface area contributed by atoms with E-state index in [1.54, 1.807) is 42.5 Å². The largest absolute Gasteiger partial charge is 0.489 e. The van der Waals surface area contributed by atoms with Crippen molar-refractivity contribution in [1.29, 1.82) is 5.26 Å². The average molecular weight is 549 g/mol. The Kier molecular flexibility index (Phi) is 7.75. The molecule has 0 aliphatic carbocycles. The van der Waals surface area contributed by atoms with Crippen molar-refractivity contribution in [2.45, 2.75) is 6.61 Å². The molecule has 1 N–H and O–H groups in total. The summed E-state index contributed by atoms with van der Waals surface area (Å²) < 4.78 is 6.64. The Morgan fingerprint density at radius 3 is 2.47 bits per heavy atom. The highest BCUT2D eigenvalue weighted by Gasteiger charge is 2.11. The number of carbonyl (C=O) groups is 1. The number of carbonyl (C=O) groups excluding carboxylic acids is 1. The molecule has 150 valence electrons. The molecule has 0 saturated carbocycles. The number of anilines is 1. The summed E-state index contributed by atoms with van der Waals surface area (Å²) in [7, 11) is 0. The number of nitriles is 1. The van der Waals surface area contributed by atoms with Crippen LogP contribution in [0.2, 0.25) is 10.0 Å². The van der Waals surface area contributed by atoms with Gasteiger partial charge in [0.1, 0.15) is 24.0 Å². The minimum Gasteiger partial charge on any atom is -0.489 e. The molecule has 4 nitrogen and oxygen atoms in total. The third-order valence-corrected chi connectivity index (χ3v) is 5.75. The van der Waals surface area contributed by atoms with Gasteiger partial charge in [-0.2, -0.15) is 5.26 Å². The summed E-state index contributed by atoms with van der Waals surface area (Å²) >= 11 is 14.1. The minimum absolute atomic E-state index is 0.0131. The van der Waals surface area contributed by atoms with Crippen molar-refractivity contribution in [2.75, 3.05) is 5.32 Å². The maximum atomic E-state index is 12.4. The van der Waals surface area contributed by atoms with Crippen LogP contribution >= 0.6 is 45.8 Å². The molecule has 0 atom stereocenters. The zero-order valence-corrected chi connectivity index (χ0v) is 19.2. The smallest absolute Gasteiger partial charge is 0.266 e. The van der Waals surface area contributed by atoms with E-state index in [9.17, 15) is 10.1 Å². The van der Waals surface area contributed by atoms with Crippen LogP contribution in [0.5, 0.6) is 5.75 Å². The molecule has 0 aromatic heterocycles. The van der Waals surface area contributed by atoms with Crippen molar-refractivity contribution in [1.82, 2.24) is 0 Å². The number of hydrogen-bond donors (Lipinski definition) is 1. The fourth-order valence-electron chi connectivity index (χ4n) is 2.52. The van der Waals surface area contributed by atoms with Crippen molar-refractivity contribution >= 4 is 63.5 Å². The molecule has 30 heavy (non-hydrogen) atoms. The molecule has 3 rings (SSSR count). The van der Waals surface area contributed by atoms with Gasteiger partial charge in [0.15, 0.2) is 0 Å². The predicted octanol–water partition coefficient (Wildman–Crippen LogP) is 6.72. The molecular formula is C23H15Cl2IN2O2. The van der Waals surface area contributed by atoms with E-state index in [0.717, 1.165) is 9.13 Å². The molecule has 0 heterocycles. The number of rotatable bonds is 6. The Morgan fingerprint density at radius 1 is 1.07 bits per heavy atom. The van der Waals surface area contributed by atoms with Gasteiger partial charge in [-0.15, -0.1) is 0 Å². The standard InChI is InChI=1S/C23H15Cl2IN2O2/c24-19-10-7-16(12-20(19)25)14-30-18-8-5-15(6-9-18)11-17(13-27)23(29)28-22-4-2-1-3-21(22)26/h1-12H,14H2,(H,28,29)/b17-11-. The molecule has 3 aromatic carbocycles. The molecule has 0 radical (unpaired) electrons. The van der Waals surface area contributed by atoms with Crippen LogP contribution in [-0.4, -0.2) is 5.91 Å². The third-order valence-electron chi connectivity index (χ3n) is 4.07. The maximum Gasteiger partial charge on any atom is 0.266 e. The molecular weight excluding hydrogens is 534 g/mol. The molecule has 0 saturated heterocycles. The van der Waals surface area contributed by atoms with E-state index in [2.05, 4.69) is 27.9 Å². The van der Waals surface area contributed by atoms with E-state index in [-0.39, 0.29) is 5.57 Å². The van der Waals surface area contributed by atoms with Gasteiger partial charge in [-0.3, -0.25) is 4.79 Å². The molecule has 3 aromatic rings. The molecule has 7 heteroatoms. The lowest BCUT2D eigenvalue weighted by Gasteiger charge is -2.08. The second-order valence-corrected chi connectivity index (χ2v) is 8.19. The predicted molar refractivity (Wildman–Crippen MR) is 129 cm³/mol. The van der Waals surface area contributed by atoms with Gasteiger partial charge in [0.2, 0.25) is 0 Å². The molecule has 0 bridgehead atoms. The Balaban J connectivity index is 1.66. The Hall–Kier alpha value is -2.53. The molecule has 1 amide bonds. The summed E-state index contributed by atoms with van der Waals surface area (Å²) in [4.78, 5) is 12.4. The van der Waals surface area contributed by atoms with E-state index >= 15 is 0 Å². The summed E-state index contributed by atoms with van der Waals surface area (Å²) in [6, 6.07) is 21.8. The lowest BCUT2D eigenvalue weighted by molar-refractivity contribution is -0.112. The first-order valence-electron chi connectivity index (χ1n) is 8.81. The van der Waals surface area contributed by atoms with Crippen LogP contribution < -0.4 is 10.1 Å². The number of para-hydroxylation sites is 1. The van der Waals surface area contributed by atoms with Gasteiger partial charge >= 0.3 is 0 Å². The van der Waals surface area contributed by atoms with Gasteiger partial charge in [-0.05, 0) is 76.2 Å².